The maximum atomic E-state index is 5.44. The number of benzene rings is 2. The fraction of sp³-hybridized carbons (Fsp3) is 0.379. The highest BCUT2D eigenvalue weighted by Gasteiger charge is 2.27. The van der Waals surface area contributed by atoms with Crippen LogP contribution >= 0.6 is 0 Å². The van der Waals surface area contributed by atoms with E-state index in [0.29, 0.717) is 0 Å². The third kappa shape index (κ3) is 4.22. The molecule has 0 radical (unpaired) electrons. The molecular weight excluding hydrogens is 436 g/mol. The van der Waals surface area contributed by atoms with Crippen molar-refractivity contribution in [1.29, 1.82) is 0 Å². The third-order valence-corrected chi connectivity index (χ3v) is 6.96. The number of anilines is 1. The Labute approximate surface area is 207 Å². The summed E-state index contributed by atoms with van der Waals surface area (Å²) in [4.78, 5) is 7.68. The Bertz CT molecular complexity index is 1360. The number of fused-ring (bicyclic) bond motifs is 2. The van der Waals surface area contributed by atoms with E-state index in [1.807, 2.05) is 18.2 Å². The smallest absolute Gasteiger partial charge is 0.165 e. The van der Waals surface area contributed by atoms with Gasteiger partial charge in [0.25, 0.3) is 0 Å². The summed E-state index contributed by atoms with van der Waals surface area (Å²) in [6, 6.07) is 14.6. The minimum atomic E-state index is 0.819. The summed E-state index contributed by atoms with van der Waals surface area (Å²) in [5, 5.41) is 5.08. The minimum Gasteiger partial charge on any atom is -0.497 e. The van der Waals surface area contributed by atoms with E-state index in [0.717, 1.165) is 78.3 Å². The fourth-order valence-corrected chi connectivity index (χ4v) is 5.28. The Morgan fingerprint density at radius 3 is 2.40 bits per heavy atom. The predicted octanol–water partition coefficient (Wildman–Crippen LogP) is 5.94. The first kappa shape index (κ1) is 23.2. The number of ether oxygens (including phenoxy) is 2. The topological polar surface area (TPSA) is 51.9 Å². The van der Waals surface area contributed by atoms with Gasteiger partial charge in [-0.25, -0.2) is 4.98 Å². The van der Waals surface area contributed by atoms with Crippen molar-refractivity contribution < 1.29 is 9.47 Å². The van der Waals surface area contributed by atoms with Crippen LogP contribution in [0.2, 0.25) is 0 Å². The van der Waals surface area contributed by atoms with Crippen LogP contribution in [0.4, 0.5) is 5.82 Å². The van der Waals surface area contributed by atoms with Crippen molar-refractivity contribution in [2.45, 2.75) is 53.0 Å². The zero-order chi connectivity index (χ0) is 24.5. The van der Waals surface area contributed by atoms with E-state index < -0.39 is 0 Å². The maximum absolute atomic E-state index is 5.44. The first-order valence-corrected chi connectivity index (χ1v) is 12.5. The summed E-state index contributed by atoms with van der Waals surface area (Å²) in [7, 11) is 3.41. The summed E-state index contributed by atoms with van der Waals surface area (Å²) in [5.74, 6) is 2.94. The Morgan fingerprint density at radius 2 is 1.71 bits per heavy atom. The molecule has 0 amide bonds. The lowest BCUT2D eigenvalue weighted by Gasteiger charge is -2.27. The van der Waals surface area contributed by atoms with E-state index in [4.69, 9.17) is 19.6 Å². The van der Waals surface area contributed by atoms with Crippen LogP contribution in [0.15, 0.2) is 42.5 Å². The molecule has 6 nitrogen and oxygen atoms in total. The Hall–Kier alpha value is -3.54. The van der Waals surface area contributed by atoms with Gasteiger partial charge in [0.15, 0.2) is 5.65 Å². The van der Waals surface area contributed by atoms with Gasteiger partial charge in [-0.3, -0.25) is 0 Å². The molecule has 0 saturated carbocycles. The molecule has 4 aromatic rings. The van der Waals surface area contributed by atoms with Gasteiger partial charge in [-0.2, -0.15) is 9.61 Å². The molecule has 0 fully saturated rings. The molecule has 0 bridgehead atoms. The predicted molar refractivity (Wildman–Crippen MR) is 141 cm³/mol. The van der Waals surface area contributed by atoms with Crippen LogP contribution in [-0.2, 0) is 19.4 Å². The average molecular weight is 471 g/mol. The van der Waals surface area contributed by atoms with Gasteiger partial charge >= 0.3 is 0 Å². The molecule has 6 heteroatoms. The van der Waals surface area contributed by atoms with Crippen molar-refractivity contribution in [3.63, 3.8) is 0 Å². The van der Waals surface area contributed by atoms with Crippen molar-refractivity contribution >= 4 is 11.5 Å². The SMILES string of the molecule is CCCN(Cc1ccc(OC)cc1)c1c2c(nc3c(-c4ccc(OC)cc4C)c(C)nn13)CCC2. The summed E-state index contributed by atoms with van der Waals surface area (Å²) in [6.07, 6.45) is 4.26. The second-order valence-corrected chi connectivity index (χ2v) is 9.36. The van der Waals surface area contributed by atoms with Crippen molar-refractivity contribution in [3.05, 3.63) is 70.5 Å². The van der Waals surface area contributed by atoms with E-state index in [1.54, 1.807) is 14.2 Å². The van der Waals surface area contributed by atoms with Crippen LogP contribution in [0, 0.1) is 13.8 Å². The largest absolute Gasteiger partial charge is 0.497 e. The molecule has 0 unspecified atom stereocenters. The Balaban J connectivity index is 1.67. The highest BCUT2D eigenvalue weighted by Crippen LogP contribution is 2.38. The molecule has 35 heavy (non-hydrogen) atoms. The number of nitrogens with zero attached hydrogens (tertiary/aromatic N) is 4. The van der Waals surface area contributed by atoms with Gasteiger partial charge in [-0.05, 0) is 80.5 Å². The fourth-order valence-electron chi connectivity index (χ4n) is 5.28. The zero-order valence-corrected chi connectivity index (χ0v) is 21.4. The lowest BCUT2D eigenvalue weighted by Crippen LogP contribution is -2.27. The van der Waals surface area contributed by atoms with Gasteiger partial charge in [-0.1, -0.05) is 25.1 Å². The van der Waals surface area contributed by atoms with Crippen molar-refractivity contribution in [2.75, 3.05) is 25.7 Å². The monoisotopic (exact) mass is 470 g/mol. The molecule has 0 aliphatic heterocycles. The van der Waals surface area contributed by atoms with E-state index in [2.05, 4.69) is 54.5 Å². The molecule has 2 heterocycles. The Morgan fingerprint density at radius 1 is 0.971 bits per heavy atom. The maximum Gasteiger partial charge on any atom is 0.165 e. The average Bonchev–Trinajstić information content (AvgIpc) is 3.46. The third-order valence-electron chi connectivity index (χ3n) is 6.96. The van der Waals surface area contributed by atoms with Gasteiger partial charge in [0.05, 0.1) is 19.9 Å². The normalized spacial score (nSPS) is 12.7. The first-order valence-electron chi connectivity index (χ1n) is 12.5. The van der Waals surface area contributed by atoms with Gasteiger partial charge in [0.1, 0.15) is 17.3 Å². The van der Waals surface area contributed by atoms with Crippen molar-refractivity contribution in [1.82, 2.24) is 14.6 Å². The molecule has 0 N–H and O–H groups in total. The molecule has 2 aromatic carbocycles. The molecule has 0 atom stereocenters. The number of hydrogen-bond donors (Lipinski definition) is 0. The van der Waals surface area contributed by atoms with E-state index >= 15 is 0 Å². The highest BCUT2D eigenvalue weighted by atomic mass is 16.5. The highest BCUT2D eigenvalue weighted by molar-refractivity contribution is 5.83. The lowest BCUT2D eigenvalue weighted by atomic mass is 10.0. The van der Waals surface area contributed by atoms with E-state index in [1.165, 1.54) is 22.6 Å². The summed E-state index contributed by atoms with van der Waals surface area (Å²) in [5.41, 5.74) is 9.20. The number of aromatic nitrogens is 3. The zero-order valence-electron chi connectivity index (χ0n) is 21.4. The van der Waals surface area contributed by atoms with Crippen LogP contribution in [0.1, 0.15) is 47.8 Å². The second-order valence-electron chi connectivity index (χ2n) is 9.36. The van der Waals surface area contributed by atoms with Crippen LogP contribution in [0.3, 0.4) is 0 Å². The van der Waals surface area contributed by atoms with Crippen molar-refractivity contribution in [2.24, 2.45) is 0 Å². The second kappa shape index (κ2) is 9.61. The van der Waals surface area contributed by atoms with Crippen molar-refractivity contribution in [3.8, 4) is 22.6 Å². The summed E-state index contributed by atoms with van der Waals surface area (Å²) >= 11 is 0. The standard InChI is InChI=1S/C29H34N4O2/c1-6-16-32(18-21-10-12-22(34-4)13-11-21)29-25-8-7-9-26(25)30-28-27(20(3)31-33(28)29)24-15-14-23(35-5)17-19(24)2/h10-15,17H,6-9,16,18H2,1-5H3. The molecule has 0 spiro atoms. The van der Waals surface area contributed by atoms with Gasteiger partial charge in [0, 0.05) is 29.9 Å². The van der Waals surface area contributed by atoms with Crippen LogP contribution in [0.5, 0.6) is 11.5 Å². The quantitative estimate of drug-likeness (QED) is 0.319. The molecule has 1 aliphatic rings. The van der Waals surface area contributed by atoms with Gasteiger partial charge in [0.2, 0.25) is 0 Å². The minimum absolute atomic E-state index is 0.819. The van der Waals surface area contributed by atoms with Crippen LogP contribution < -0.4 is 14.4 Å². The first-order chi connectivity index (χ1) is 17.0. The lowest BCUT2D eigenvalue weighted by molar-refractivity contribution is 0.414. The molecule has 5 rings (SSSR count). The van der Waals surface area contributed by atoms with Crippen LogP contribution in [0.25, 0.3) is 16.8 Å². The number of hydrogen-bond acceptors (Lipinski definition) is 5. The number of aryl methyl sites for hydroxylation is 3. The van der Waals surface area contributed by atoms with Gasteiger partial charge < -0.3 is 14.4 Å². The van der Waals surface area contributed by atoms with Crippen LogP contribution in [-0.4, -0.2) is 35.4 Å². The van der Waals surface area contributed by atoms with Gasteiger partial charge in [-0.15, -0.1) is 0 Å². The molecular formula is C29H34N4O2. The molecule has 0 saturated heterocycles. The number of methoxy groups -OCH3 is 2. The Kier molecular flexibility index (Phi) is 6.37. The molecule has 182 valence electrons. The summed E-state index contributed by atoms with van der Waals surface area (Å²) in [6.45, 7) is 8.23. The van der Waals surface area contributed by atoms with E-state index in [9.17, 15) is 0 Å². The molecule has 1 aliphatic carbocycles. The number of rotatable bonds is 8. The van der Waals surface area contributed by atoms with E-state index in [-0.39, 0.29) is 0 Å². The molecule has 2 aromatic heterocycles. The summed E-state index contributed by atoms with van der Waals surface area (Å²) < 4.78 is 12.9.